The predicted molar refractivity (Wildman–Crippen MR) is 151 cm³/mol. The van der Waals surface area contributed by atoms with Gasteiger partial charge in [0.1, 0.15) is 17.3 Å². The Labute approximate surface area is 231 Å². The zero-order valence-corrected chi connectivity index (χ0v) is 22.4. The van der Waals surface area contributed by atoms with E-state index in [1.165, 1.54) is 25.3 Å². The van der Waals surface area contributed by atoms with Crippen molar-refractivity contribution in [1.82, 2.24) is 10.3 Å². The van der Waals surface area contributed by atoms with Crippen LogP contribution in [0.2, 0.25) is 0 Å². The van der Waals surface area contributed by atoms with Crippen LogP contribution >= 0.6 is 0 Å². The first-order chi connectivity index (χ1) is 19.2. The third kappa shape index (κ3) is 6.01. The highest BCUT2D eigenvalue weighted by atomic mass is 19.1. The number of carboxylic acid groups (broad SMARTS) is 1. The van der Waals surface area contributed by atoms with Gasteiger partial charge in [0.25, 0.3) is 5.91 Å². The maximum Gasteiger partial charge on any atom is 0.337 e. The van der Waals surface area contributed by atoms with Gasteiger partial charge in [-0.2, -0.15) is 0 Å². The van der Waals surface area contributed by atoms with Crippen molar-refractivity contribution in [3.05, 3.63) is 101 Å². The van der Waals surface area contributed by atoms with Crippen LogP contribution in [0.5, 0.6) is 5.75 Å². The monoisotopic (exact) mass is 543 g/mol. The van der Waals surface area contributed by atoms with Gasteiger partial charge in [0.05, 0.1) is 19.3 Å². The summed E-state index contributed by atoms with van der Waals surface area (Å²) in [6.07, 6.45) is 1.14. The highest BCUT2D eigenvalue weighted by molar-refractivity contribution is 6.04. The number of aromatic nitrogens is 1. The summed E-state index contributed by atoms with van der Waals surface area (Å²) in [5.41, 5.74) is 6.13. The van der Waals surface area contributed by atoms with Gasteiger partial charge < -0.3 is 25.6 Å². The fourth-order valence-electron chi connectivity index (χ4n) is 4.56. The van der Waals surface area contributed by atoms with E-state index in [1.54, 1.807) is 12.1 Å². The van der Waals surface area contributed by atoms with Gasteiger partial charge in [-0.1, -0.05) is 30.3 Å². The molecule has 0 radical (unpaired) electrons. The number of amides is 1. The van der Waals surface area contributed by atoms with Crippen molar-refractivity contribution in [2.24, 2.45) is 0 Å². The molecule has 0 spiro atoms. The number of nitrogens with zero attached hydrogens (tertiary/aromatic N) is 1. The molecule has 4 aromatic rings. The quantitative estimate of drug-likeness (QED) is 0.203. The normalized spacial score (nSPS) is 10.8. The van der Waals surface area contributed by atoms with Crippen molar-refractivity contribution >= 4 is 17.6 Å². The molecule has 3 aromatic carbocycles. The molecule has 4 rings (SSSR count). The first kappa shape index (κ1) is 28.4. The number of carbonyl (C=O) groups excluding carboxylic acids is 1. The molecule has 0 aliphatic carbocycles. The number of carboxylic acids is 1. The average molecular weight is 544 g/mol. The van der Waals surface area contributed by atoms with Gasteiger partial charge >= 0.3 is 5.97 Å². The van der Waals surface area contributed by atoms with Crippen LogP contribution in [-0.2, 0) is 6.54 Å². The lowest BCUT2D eigenvalue weighted by atomic mass is 9.90. The third-order valence-electron chi connectivity index (χ3n) is 6.72. The Morgan fingerprint density at radius 2 is 1.68 bits per heavy atom. The Morgan fingerprint density at radius 3 is 2.33 bits per heavy atom. The van der Waals surface area contributed by atoms with E-state index in [2.05, 4.69) is 15.6 Å². The van der Waals surface area contributed by atoms with Crippen LogP contribution in [0.25, 0.3) is 22.3 Å². The number of carbonyl (C=O) groups is 2. The number of aliphatic hydroxyl groups is 1. The lowest BCUT2D eigenvalue weighted by molar-refractivity contribution is 0.0695. The molecular formula is C31H30FN3O5. The second-order valence-electron chi connectivity index (χ2n) is 9.19. The molecule has 0 saturated heterocycles. The number of aromatic carboxylic acids is 1. The van der Waals surface area contributed by atoms with E-state index in [-0.39, 0.29) is 24.4 Å². The van der Waals surface area contributed by atoms with Gasteiger partial charge in [0, 0.05) is 30.5 Å². The number of ether oxygens (including phenoxy) is 1. The van der Waals surface area contributed by atoms with Crippen LogP contribution in [0, 0.1) is 19.7 Å². The molecule has 8 nitrogen and oxygen atoms in total. The molecule has 1 aromatic heterocycles. The summed E-state index contributed by atoms with van der Waals surface area (Å²) in [6.45, 7) is 4.39. The zero-order valence-electron chi connectivity index (χ0n) is 22.4. The lowest BCUT2D eigenvalue weighted by Crippen LogP contribution is -2.18. The molecule has 0 unspecified atom stereocenters. The molecule has 0 fully saturated rings. The van der Waals surface area contributed by atoms with E-state index in [1.807, 2.05) is 44.2 Å². The van der Waals surface area contributed by atoms with Gasteiger partial charge in [-0.15, -0.1) is 0 Å². The Morgan fingerprint density at radius 1 is 0.975 bits per heavy atom. The Balaban J connectivity index is 1.66. The number of rotatable bonds is 10. The number of pyridine rings is 1. The fourth-order valence-corrected chi connectivity index (χ4v) is 4.56. The molecule has 40 heavy (non-hydrogen) atoms. The van der Waals surface area contributed by atoms with Gasteiger partial charge in [0.15, 0.2) is 0 Å². The van der Waals surface area contributed by atoms with E-state index in [9.17, 15) is 9.59 Å². The molecule has 206 valence electrons. The summed E-state index contributed by atoms with van der Waals surface area (Å²) >= 11 is 0. The molecule has 0 atom stereocenters. The summed E-state index contributed by atoms with van der Waals surface area (Å²) in [6, 6.07) is 17.3. The van der Waals surface area contributed by atoms with Crippen LogP contribution < -0.4 is 15.4 Å². The second kappa shape index (κ2) is 12.5. The standard InChI is InChI=1S/C31H30FN3O5/c1-18-22(21-14-26(32)25(17-33-12-13-36)29(15-21)40-3)6-4-7-23(18)24-8-5-9-27(19(24)2)35-30(37)28-11-10-20(16-34-28)31(38)39/h4-11,14-16,33,36H,12-13,17H2,1-3H3,(H,35,37)(H,38,39). The highest BCUT2D eigenvalue weighted by Crippen LogP contribution is 2.37. The Kier molecular flexibility index (Phi) is 8.88. The van der Waals surface area contributed by atoms with Crippen LogP contribution in [0.3, 0.4) is 0 Å². The van der Waals surface area contributed by atoms with E-state index >= 15 is 4.39 Å². The van der Waals surface area contributed by atoms with Gasteiger partial charge in [-0.3, -0.25) is 9.78 Å². The summed E-state index contributed by atoms with van der Waals surface area (Å²) in [4.78, 5) is 27.9. The number of methoxy groups -OCH3 is 1. The summed E-state index contributed by atoms with van der Waals surface area (Å²) in [5, 5.41) is 23.9. The third-order valence-corrected chi connectivity index (χ3v) is 6.72. The first-order valence-electron chi connectivity index (χ1n) is 12.6. The zero-order chi connectivity index (χ0) is 28.8. The Hall–Kier alpha value is -4.60. The summed E-state index contributed by atoms with van der Waals surface area (Å²) < 4.78 is 20.6. The van der Waals surface area contributed by atoms with Crippen LogP contribution in [0.4, 0.5) is 10.1 Å². The van der Waals surface area contributed by atoms with Crippen molar-refractivity contribution in [3.8, 4) is 28.0 Å². The number of nitrogens with one attached hydrogen (secondary N) is 2. The van der Waals surface area contributed by atoms with Gasteiger partial charge in [-0.25, -0.2) is 9.18 Å². The maximum atomic E-state index is 15.1. The van der Waals surface area contributed by atoms with E-state index < -0.39 is 17.7 Å². The van der Waals surface area contributed by atoms with Crippen molar-refractivity contribution in [2.75, 3.05) is 25.6 Å². The van der Waals surface area contributed by atoms with Crippen LogP contribution in [0.1, 0.15) is 37.5 Å². The number of benzene rings is 3. The largest absolute Gasteiger partial charge is 0.496 e. The van der Waals surface area contributed by atoms with E-state index in [0.717, 1.165) is 34.0 Å². The molecule has 9 heteroatoms. The van der Waals surface area contributed by atoms with Crippen LogP contribution in [-0.4, -0.2) is 47.3 Å². The minimum atomic E-state index is -1.12. The molecule has 1 amide bonds. The topological polar surface area (TPSA) is 121 Å². The van der Waals surface area contributed by atoms with E-state index in [0.29, 0.717) is 29.1 Å². The highest BCUT2D eigenvalue weighted by Gasteiger charge is 2.17. The number of aliphatic hydroxyl groups excluding tert-OH is 1. The van der Waals surface area contributed by atoms with Crippen molar-refractivity contribution in [2.45, 2.75) is 20.4 Å². The molecule has 0 aliphatic rings. The number of hydrogen-bond donors (Lipinski definition) is 4. The molecule has 4 N–H and O–H groups in total. The Bertz CT molecular complexity index is 1550. The van der Waals surface area contributed by atoms with E-state index in [4.69, 9.17) is 14.9 Å². The van der Waals surface area contributed by atoms with Crippen LogP contribution in [0.15, 0.2) is 66.9 Å². The second-order valence-corrected chi connectivity index (χ2v) is 9.19. The average Bonchev–Trinajstić information content (AvgIpc) is 2.95. The van der Waals surface area contributed by atoms with Gasteiger partial charge in [0.2, 0.25) is 0 Å². The number of anilines is 1. The minimum absolute atomic E-state index is 0.00408. The molecule has 0 bridgehead atoms. The molecule has 0 aliphatic heterocycles. The maximum absolute atomic E-state index is 15.1. The minimum Gasteiger partial charge on any atom is -0.496 e. The smallest absolute Gasteiger partial charge is 0.337 e. The SMILES string of the molecule is COc1cc(-c2cccc(-c3cccc(NC(=O)c4ccc(C(=O)O)cn4)c3C)c2C)cc(F)c1CNCCO. The fraction of sp³-hybridized carbons (Fsp3) is 0.194. The lowest BCUT2D eigenvalue weighted by Gasteiger charge is -2.18. The predicted octanol–water partition coefficient (Wildman–Crippen LogP) is 5.21. The first-order valence-corrected chi connectivity index (χ1v) is 12.6. The van der Waals surface area contributed by atoms with Gasteiger partial charge in [-0.05, 0) is 77.6 Å². The van der Waals surface area contributed by atoms with Crippen molar-refractivity contribution < 1.29 is 28.9 Å². The molecule has 0 saturated carbocycles. The molecular weight excluding hydrogens is 513 g/mol. The summed E-state index contributed by atoms with van der Waals surface area (Å²) in [5.74, 6) is -1.57. The molecule has 1 heterocycles. The number of halogens is 1. The van der Waals surface area contributed by atoms with Crippen molar-refractivity contribution in [3.63, 3.8) is 0 Å². The summed E-state index contributed by atoms with van der Waals surface area (Å²) in [7, 11) is 1.50. The van der Waals surface area contributed by atoms with Crippen molar-refractivity contribution in [1.29, 1.82) is 0 Å². The number of hydrogen-bond acceptors (Lipinski definition) is 6.